The third-order valence-electron chi connectivity index (χ3n) is 7.48. The summed E-state index contributed by atoms with van der Waals surface area (Å²) in [5.41, 5.74) is 3.05. The van der Waals surface area contributed by atoms with Gasteiger partial charge in [-0.05, 0) is 54.9 Å². The molecule has 2 fully saturated rings. The van der Waals surface area contributed by atoms with Crippen molar-refractivity contribution in [3.8, 4) is 11.1 Å². The van der Waals surface area contributed by atoms with E-state index >= 15 is 0 Å². The van der Waals surface area contributed by atoms with Gasteiger partial charge in [0.1, 0.15) is 12.1 Å². The van der Waals surface area contributed by atoms with Crippen LogP contribution in [0.3, 0.4) is 0 Å². The minimum atomic E-state index is -3.31. The molecule has 1 N–H and O–H groups in total. The van der Waals surface area contributed by atoms with Gasteiger partial charge < -0.3 is 14.8 Å². The third kappa shape index (κ3) is 3.78. The lowest BCUT2D eigenvalue weighted by molar-refractivity contribution is -0.152. The summed E-state index contributed by atoms with van der Waals surface area (Å²) in [7, 11) is -3.31. The van der Waals surface area contributed by atoms with Crippen LogP contribution in [0.2, 0.25) is 0 Å². The number of carbonyl (C=O) groups excluding carboxylic acids is 2. The third-order valence-corrected chi connectivity index (χ3v) is 10.1. The van der Waals surface area contributed by atoms with Crippen LogP contribution in [0.5, 0.6) is 0 Å². The molecule has 2 atom stereocenters. The van der Waals surface area contributed by atoms with E-state index in [1.54, 1.807) is 6.92 Å². The molecule has 2 aliphatic heterocycles. The van der Waals surface area contributed by atoms with E-state index in [0.29, 0.717) is 12.8 Å². The number of carbonyl (C=O) groups is 2. The van der Waals surface area contributed by atoms with Gasteiger partial charge in [0.25, 0.3) is 0 Å². The van der Waals surface area contributed by atoms with Crippen molar-refractivity contribution in [1.82, 2.24) is 5.32 Å². The molecule has 1 amide bonds. The number of sulfone groups is 1. The predicted molar refractivity (Wildman–Crippen MR) is 127 cm³/mol. The molecule has 5 rings (SSSR count). The van der Waals surface area contributed by atoms with Crippen LogP contribution in [0, 0.1) is 0 Å². The van der Waals surface area contributed by atoms with Crippen LogP contribution in [0.1, 0.15) is 56.1 Å². The van der Waals surface area contributed by atoms with E-state index in [-0.39, 0.29) is 32.0 Å². The minimum absolute atomic E-state index is 0.0227. The summed E-state index contributed by atoms with van der Waals surface area (Å²) < 4.78 is 36.5. The molecular weight excluding hydrogens is 454 g/mol. The molecular formula is C26H29NO6S. The fourth-order valence-corrected chi connectivity index (χ4v) is 8.46. The predicted octanol–water partition coefficient (Wildman–Crippen LogP) is 3.96. The molecule has 8 heteroatoms. The smallest absolute Gasteiger partial charge is 0.408 e. The highest BCUT2D eigenvalue weighted by Gasteiger charge is 2.56. The monoisotopic (exact) mass is 483 g/mol. The Balaban J connectivity index is 1.35. The summed E-state index contributed by atoms with van der Waals surface area (Å²) in [5, 5.41) is 1.45. The number of benzene rings is 2. The quantitative estimate of drug-likeness (QED) is 0.647. The average Bonchev–Trinajstić information content (AvgIpc) is 3.12. The van der Waals surface area contributed by atoms with Crippen LogP contribution >= 0.6 is 0 Å². The summed E-state index contributed by atoms with van der Waals surface area (Å²) in [6.45, 7) is 1.96. The van der Waals surface area contributed by atoms with E-state index in [1.165, 1.54) is 0 Å². The molecule has 7 nitrogen and oxygen atoms in total. The normalized spacial score (nSPS) is 26.7. The summed E-state index contributed by atoms with van der Waals surface area (Å²) in [6.07, 6.45) is 1.10. The van der Waals surface area contributed by atoms with Gasteiger partial charge in [-0.25, -0.2) is 18.0 Å². The number of fused-ring (bicyclic) bond motifs is 5. The lowest BCUT2D eigenvalue weighted by atomic mass is 9.82. The Kier molecular flexibility index (Phi) is 5.88. The van der Waals surface area contributed by atoms with E-state index in [9.17, 15) is 18.0 Å². The van der Waals surface area contributed by atoms with Gasteiger partial charge in [0.2, 0.25) is 0 Å². The van der Waals surface area contributed by atoms with Crippen LogP contribution in [0.4, 0.5) is 4.79 Å². The molecule has 1 aliphatic carbocycles. The first-order chi connectivity index (χ1) is 16.4. The Morgan fingerprint density at radius 1 is 0.941 bits per heavy atom. The van der Waals surface area contributed by atoms with E-state index in [0.717, 1.165) is 28.7 Å². The Bertz CT molecular complexity index is 1160. The minimum Gasteiger partial charge on any atom is -0.464 e. The number of amides is 1. The fourth-order valence-electron chi connectivity index (χ4n) is 5.89. The fraction of sp³-hybridized carbons (Fsp3) is 0.462. The van der Waals surface area contributed by atoms with Crippen molar-refractivity contribution >= 4 is 21.9 Å². The Hall–Kier alpha value is -2.87. The number of hydrogen-bond acceptors (Lipinski definition) is 6. The van der Waals surface area contributed by atoms with Crippen molar-refractivity contribution in [1.29, 1.82) is 0 Å². The lowest BCUT2D eigenvalue weighted by Crippen LogP contribution is -2.64. The molecule has 0 spiro atoms. The van der Waals surface area contributed by atoms with E-state index in [2.05, 4.69) is 17.4 Å². The van der Waals surface area contributed by atoms with Gasteiger partial charge in [-0.1, -0.05) is 55.0 Å². The first kappa shape index (κ1) is 22.9. The molecule has 2 saturated heterocycles. The van der Waals surface area contributed by atoms with Crippen molar-refractivity contribution in [2.24, 2.45) is 0 Å². The number of esters is 1. The van der Waals surface area contributed by atoms with Crippen molar-refractivity contribution in [3.05, 3.63) is 59.7 Å². The average molecular weight is 484 g/mol. The maximum Gasteiger partial charge on any atom is 0.408 e. The van der Waals surface area contributed by atoms with Crippen molar-refractivity contribution in [3.63, 3.8) is 0 Å². The van der Waals surface area contributed by atoms with Gasteiger partial charge >= 0.3 is 12.1 Å². The highest BCUT2D eigenvalue weighted by molar-refractivity contribution is 7.92. The summed E-state index contributed by atoms with van der Waals surface area (Å²) in [4.78, 5) is 26.0. The molecule has 0 aromatic heterocycles. The zero-order valence-corrected chi connectivity index (χ0v) is 20.0. The van der Waals surface area contributed by atoms with Crippen LogP contribution in [0.25, 0.3) is 11.1 Å². The molecule has 0 saturated carbocycles. The largest absolute Gasteiger partial charge is 0.464 e. The first-order valence-electron chi connectivity index (χ1n) is 11.9. The molecule has 3 aliphatic rings. The maximum atomic E-state index is 13.0. The second-order valence-corrected chi connectivity index (χ2v) is 11.9. The number of ether oxygens (including phenoxy) is 2. The van der Waals surface area contributed by atoms with E-state index in [1.807, 2.05) is 36.4 Å². The lowest BCUT2D eigenvalue weighted by Gasteiger charge is -2.44. The molecule has 2 aromatic carbocycles. The zero-order valence-electron chi connectivity index (χ0n) is 19.2. The highest BCUT2D eigenvalue weighted by atomic mass is 32.2. The Morgan fingerprint density at radius 2 is 1.50 bits per heavy atom. The topological polar surface area (TPSA) is 98.8 Å². The number of alkyl carbamates (subject to hydrolysis) is 1. The zero-order chi connectivity index (χ0) is 23.9. The molecule has 2 heterocycles. The molecule has 2 aromatic rings. The van der Waals surface area contributed by atoms with Crippen molar-refractivity contribution < 1.29 is 27.5 Å². The number of nitrogens with one attached hydrogen (secondary N) is 1. The van der Waals surface area contributed by atoms with E-state index in [4.69, 9.17) is 9.47 Å². The Morgan fingerprint density at radius 3 is 2.06 bits per heavy atom. The summed E-state index contributed by atoms with van der Waals surface area (Å²) in [5.74, 6) is -0.696. The molecule has 2 unspecified atom stereocenters. The number of hydrogen-bond donors (Lipinski definition) is 1. The highest BCUT2D eigenvalue weighted by Crippen LogP contribution is 2.45. The second kappa shape index (κ2) is 8.73. The van der Waals surface area contributed by atoms with Gasteiger partial charge in [0, 0.05) is 5.92 Å². The van der Waals surface area contributed by atoms with Gasteiger partial charge in [0.05, 0.1) is 17.1 Å². The van der Waals surface area contributed by atoms with Crippen LogP contribution in [-0.4, -0.2) is 49.7 Å². The molecule has 0 radical (unpaired) electrons. The van der Waals surface area contributed by atoms with E-state index < -0.39 is 37.9 Å². The number of rotatable bonds is 5. The van der Waals surface area contributed by atoms with Crippen LogP contribution in [-0.2, 0) is 24.1 Å². The second-order valence-electron chi connectivity index (χ2n) is 9.43. The van der Waals surface area contributed by atoms with Crippen molar-refractivity contribution in [2.75, 3.05) is 13.2 Å². The maximum absolute atomic E-state index is 13.0. The SMILES string of the molecule is CCOC(=O)C1(NC(=O)OCC2c3ccccc3-c3ccccc32)CC2CCCC(C1)S2(=O)=O. The molecule has 34 heavy (non-hydrogen) atoms. The Labute approximate surface area is 199 Å². The summed E-state index contributed by atoms with van der Waals surface area (Å²) >= 11 is 0. The van der Waals surface area contributed by atoms with Crippen LogP contribution < -0.4 is 5.32 Å². The van der Waals surface area contributed by atoms with Gasteiger partial charge in [0.15, 0.2) is 9.84 Å². The molecule has 2 bridgehead atoms. The van der Waals surface area contributed by atoms with Gasteiger partial charge in [-0.15, -0.1) is 0 Å². The first-order valence-corrected chi connectivity index (χ1v) is 13.5. The molecule has 180 valence electrons. The van der Waals surface area contributed by atoms with Crippen molar-refractivity contribution in [2.45, 2.75) is 61.0 Å². The van der Waals surface area contributed by atoms with Gasteiger partial charge in [-0.2, -0.15) is 0 Å². The standard InChI is InChI=1S/C26H29NO6S/c1-2-32-24(28)26(14-17-8-7-9-18(15-26)34(17,30)31)27-25(29)33-16-23-21-12-5-3-10-19(21)20-11-4-6-13-22(20)23/h3-6,10-13,17-18,23H,2,7-9,14-16H2,1H3,(H,27,29). The summed E-state index contributed by atoms with van der Waals surface area (Å²) in [6, 6.07) is 16.1. The van der Waals surface area contributed by atoms with Crippen LogP contribution in [0.15, 0.2) is 48.5 Å². The van der Waals surface area contributed by atoms with Gasteiger partial charge in [-0.3, -0.25) is 0 Å².